The Morgan fingerprint density at radius 3 is 2.09 bits per heavy atom. The molecule has 1 aromatic rings. The van der Waals surface area contributed by atoms with E-state index in [4.69, 9.17) is 17.8 Å². The van der Waals surface area contributed by atoms with E-state index in [9.17, 15) is 0 Å². The summed E-state index contributed by atoms with van der Waals surface area (Å²) in [5, 5.41) is 0. The first-order valence-corrected chi connectivity index (χ1v) is 8.67. The number of nitrogens with zero attached hydrogens (tertiary/aromatic N) is 1. The summed E-state index contributed by atoms with van der Waals surface area (Å²) >= 11 is -0.586. The second-order valence-electron chi connectivity index (χ2n) is 1.54. The van der Waals surface area contributed by atoms with Crippen LogP contribution in [0.1, 0.15) is 5.56 Å². The molecule has 0 spiro atoms. The third-order valence-corrected chi connectivity index (χ3v) is 0.942. The van der Waals surface area contributed by atoms with Crippen molar-refractivity contribution in [2.75, 3.05) is 0 Å². The Hall–Kier alpha value is 0.200. The van der Waals surface area contributed by atoms with E-state index in [2.05, 4.69) is 11.6 Å². The fourth-order valence-corrected chi connectivity index (χ4v) is 0.500. The van der Waals surface area contributed by atoms with Crippen molar-refractivity contribution in [1.82, 2.24) is 4.98 Å². The molecule has 0 aromatic carbocycles. The maximum absolute atomic E-state index is 4.89. The zero-order chi connectivity index (χ0) is 8.53. The molecule has 4 heteroatoms. The van der Waals surface area contributed by atoms with Crippen molar-refractivity contribution in [3.8, 4) is 0 Å². The first-order valence-electron chi connectivity index (χ1n) is 2.77. The van der Waals surface area contributed by atoms with Gasteiger partial charge in [0.2, 0.25) is 0 Å². The number of hydrogen-bond donors (Lipinski definition) is 0. The molecular formula is C7H8Cl2IN. The van der Waals surface area contributed by atoms with Gasteiger partial charge in [-0.2, -0.15) is 0 Å². The Morgan fingerprint density at radius 1 is 1.36 bits per heavy atom. The van der Waals surface area contributed by atoms with Crippen molar-refractivity contribution in [3.63, 3.8) is 0 Å². The van der Waals surface area contributed by atoms with Crippen LogP contribution in [0.3, 0.4) is 0 Å². The van der Waals surface area contributed by atoms with Gasteiger partial charge in [0.15, 0.2) is 0 Å². The average molecular weight is 304 g/mol. The van der Waals surface area contributed by atoms with E-state index in [1.54, 1.807) is 18.5 Å². The number of pyridine rings is 1. The standard InChI is InChI=1S/C7H7N.Cl2HI/c1-2-7-3-5-8-6-4-7;1-3-2/h2-6H,1H2;3H. The Kier molecular flexibility index (Phi) is 8.45. The second-order valence-corrected chi connectivity index (χ2v) is 5.01. The second kappa shape index (κ2) is 8.30. The number of halogens is 3. The molecule has 0 radical (unpaired) electrons. The third kappa shape index (κ3) is 6.59. The molecule has 0 atom stereocenters. The molecule has 0 N–H and O–H groups in total. The molecule has 0 aliphatic carbocycles. The topological polar surface area (TPSA) is 12.9 Å². The van der Waals surface area contributed by atoms with Crippen molar-refractivity contribution in [2.24, 2.45) is 0 Å². The van der Waals surface area contributed by atoms with Crippen LogP contribution in [0.2, 0.25) is 0 Å². The Labute approximate surface area is 84.1 Å². The molecular weight excluding hydrogens is 296 g/mol. The van der Waals surface area contributed by atoms with Gasteiger partial charge >= 0.3 is 36.8 Å². The number of aromatic nitrogens is 1. The van der Waals surface area contributed by atoms with Gasteiger partial charge in [-0.05, 0) is 17.7 Å². The summed E-state index contributed by atoms with van der Waals surface area (Å²) in [5.41, 5.74) is 1.11. The van der Waals surface area contributed by atoms with Crippen LogP contribution in [0.15, 0.2) is 31.1 Å². The summed E-state index contributed by atoms with van der Waals surface area (Å²) in [4.78, 5) is 3.85. The molecule has 1 nitrogen and oxygen atoms in total. The van der Waals surface area contributed by atoms with Crippen LogP contribution in [-0.2, 0) is 0 Å². The van der Waals surface area contributed by atoms with E-state index in [0.29, 0.717) is 0 Å². The predicted octanol–water partition coefficient (Wildman–Crippen LogP) is 3.72. The van der Waals surface area contributed by atoms with Crippen molar-refractivity contribution in [2.45, 2.75) is 0 Å². The van der Waals surface area contributed by atoms with Gasteiger partial charge in [-0.1, -0.05) is 12.7 Å². The van der Waals surface area contributed by atoms with Crippen LogP contribution in [0.4, 0.5) is 0 Å². The minimum atomic E-state index is -0.586. The normalized spacial score (nSPS) is 8.18. The van der Waals surface area contributed by atoms with E-state index in [0.717, 1.165) is 5.56 Å². The number of hydrogen-bond acceptors (Lipinski definition) is 1. The Balaban J connectivity index is 0.000000292. The van der Waals surface area contributed by atoms with Crippen molar-refractivity contribution in [3.05, 3.63) is 36.7 Å². The van der Waals surface area contributed by atoms with E-state index < -0.39 is 18.9 Å². The molecule has 1 rings (SSSR count). The molecule has 11 heavy (non-hydrogen) atoms. The molecule has 0 saturated heterocycles. The first-order chi connectivity index (χ1) is 5.35. The molecule has 0 saturated carbocycles. The summed E-state index contributed by atoms with van der Waals surface area (Å²) in [6.07, 6.45) is 5.29. The van der Waals surface area contributed by atoms with Crippen LogP contribution < -0.4 is 0 Å². The van der Waals surface area contributed by atoms with E-state index >= 15 is 0 Å². The van der Waals surface area contributed by atoms with Crippen LogP contribution in [0.25, 0.3) is 6.08 Å². The zero-order valence-electron chi connectivity index (χ0n) is 5.71. The molecule has 62 valence electrons. The van der Waals surface area contributed by atoms with Gasteiger partial charge < -0.3 is 0 Å². The molecule has 0 bridgehead atoms. The van der Waals surface area contributed by atoms with Gasteiger partial charge in [0.05, 0.1) is 0 Å². The number of rotatable bonds is 1. The van der Waals surface area contributed by atoms with Gasteiger partial charge in [-0.15, -0.1) is 0 Å². The summed E-state index contributed by atoms with van der Waals surface area (Å²) in [7, 11) is 9.79. The van der Waals surface area contributed by atoms with Crippen LogP contribution >= 0.6 is 36.8 Å². The van der Waals surface area contributed by atoms with Crippen LogP contribution in [0.5, 0.6) is 0 Å². The monoisotopic (exact) mass is 303 g/mol. The molecule has 0 aliphatic rings. The van der Waals surface area contributed by atoms with Gasteiger partial charge in [0, 0.05) is 12.4 Å². The summed E-state index contributed by atoms with van der Waals surface area (Å²) in [5.74, 6) is 0. The van der Waals surface area contributed by atoms with Crippen LogP contribution in [-0.4, -0.2) is 4.98 Å². The fraction of sp³-hybridized carbons (Fsp3) is 0. The molecule has 0 fully saturated rings. The van der Waals surface area contributed by atoms with E-state index in [1.807, 2.05) is 12.1 Å². The van der Waals surface area contributed by atoms with Gasteiger partial charge in [-0.25, -0.2) is 0 Å². The summed E-state index contributed by atoms with van der Waals surface area (Å²) in [6.45, 7) is 3.60. The quantitative estimate of drug-likeness (QED) is 0.721. The van der Waals surface area contributed by atoms with Crippen LogP contribution in [0, 0.1) is 0 Å². The SMILES string of the molecule is C=Cc1ccncc1.Cl[IH]Cl. The Bertz CT molecular complexity index is 191. The van der Waals surface area contributed by atoms with E-state index in [-0.39, 0.29) is 0 Å². The van der Waals surface area contributed by atoms with Crippen molar-refractivity contribution >= 4 is 42.8 Å². The maximum atomic E-state index is 4.89. The Morgan fingerprint density at radius 2 is 1.82 bits per heavy atom. The summed E-state index contributed by atoms with van der Waals surface area (Å²) in [6, 6.07) is 3.82. The average Bonchev–Trinajstić information content (AvgIpc) is 2.08. The van der Waals surface area contributed by atoms with Gasteiger partial charge in [0.1, 0.15) is 0 Å². The van der Waals surface area contributed by atoms with Gasteiger partial charge in [-0.3, -0.25) is 4.98 Å². The van der Waals surface area contributed by atoms with E-state index in [1.165, 1.54) is 0 Å². The first kappa shape index (κ1) is 11.2. The molecule has 1 heterocycles. The molecule has 0 unspecified atom stereocenters. The third-order valence-electron chi connectivity index (χ3n) is 0.942. The fourth-order valence-electron chi connectivity index (χ4n) is 0.500. The van der Waals surface area contributed by atoms with Crippen molar-refractivity contribution in [1.29, 1.82) is 0 Å². The summed E-state index contributed by atoms with van der Waals surface area (Å²) < 4.78 is 0. The zero-order valence-corrected chi connectivity index (χ0v) is 9.55. The molecule has 0 amide bonds. The van der Waals surface area contributed by atoms with Crippen molar-refractivity contribution < 1.29 is 0 Å². The van der Waals surface area contributed by atoms with Gasteiger partial charge in [0.25, 0.3) is 0 Å². The molecule has 0 aliphatic heterocycles. The minimum absolute atomic E-state index is 0.586. The molecule has 1 aromatic heterocycles. The predicted molar refractivity (Wildman–Crippen MR) is 61.4 cm³/mol.